The molecule has 84 valence electrons. The van der Waals surface area contributed by atoms with Crippen molar-refractivity contribution in [3.05, 3.63) is 22.9 Å². The van der Waals surface area contributed by atoms with Gasteiger partial charge in [-0.15, -0.1) is 0 Å². The van der Waals surface area contributed by atoms with Crippen LogP contribution in [0, 0.1) is 5.92 Å². The van der Waals surface area contributed by atoms with E-state index >= 15 is 0 Å². The predicted molar refractivity (Wildman–Crippen MR) is 61.9 cm³/mol. The molecule has 0 bridgehead atoms. The summed E-state index contributed by atoms with van der Waals surface area (Å²) in [5.74, 6) is -0.221. The first-order valence-electron chi connectivity index (χ1n) is 5.76. The van der Waals surface area contributed by atoms with Crippen LogP contribution < -0.4 is 11.1 Å². The Hall–Kier alpha value is -1.42. The summed E-state index contributed by atoms with van der Waals surface area (Å²) in [5, 5.41) is 3.32. The third-order valence-corrected chi connectivity index (χ3v) is 3.57. The van der Waals surface area contributed by atoms with Gasteiger partial charge in [-0.3, -0.25) is 9.79 Å². The fraction of sp³-hybridized carbons (Fsp3) is 0.500. The topological polar surface area (TPSA) is 67.5 Å². The molecule has 0 aromatic heterocycles. The molecule has 1 atom stereocenters. The molecule has 1 aliphatic carbocycles. The quantitative estimate of drug-likeness (QED) is 0.672. The van der Waals surface area contributed by atoms with Gasteiger partial charge in [0.1, 0.15) is 0 Å². The van der Waals surface area contributed by atoms with Gasteiger partial charge in [0.05, 0.1) is 11.4 Å². The molecule has 4 nitrogen and oxygen atoms in total. The van der Waals surface area contributed by atoms with Crippen LogP contribution in [-0.2, 0) is 4.79 Å². The predicted octanol–water partition coefficient (Wildman–Crippen LogP) is 0.510. The van der Waals surface area contributed by atoms with E-state index < -0.39 is 0 Å². The molecule has 16 heavy (non-hydrogen) atoms. The number of rotatable bonds is 1. The van der Waals surface area contributed by atoms with Crippen molar-refractivity contribution in [3.8, 4) is 0 Å². The summed E-state index contributed by atoms with van der Waals surface area (Å²) in [6.45, 7) is 1.86. The minimum atomic E-state index is -0.189. The molecule has 4 heteroatoms. The van der Waals surface area contributed by atoms with Crippen molar-refractivity contribution in [2.75, 3.05) is 13.1 Å². The number of aliphatic imine (C=N–C) groups is 1. The van der Waals surface area contributed by atoms with E-state index in [1.54, 1.807) is 0 Å². The molecule has 3 N–H and O–H groups in total. The van der Waals surface area contributed by atoms with Crippen molar-refractivity contribution in [2.45, 2.75) is 19.3 Å². The van der Waals surface area contributed by atoms with Gasteiger partial charge in [-0.2, -0.15) is 0 Å². The van der Waals surface area contributed by atoms with Crippen LogP contribution in [0.3, 0.4) is 0 Å². The maximum Gasteiger partial charge on any atom is 0.221 e. The standard InChI is InChI=1S/C12H15N3O/c13-12(16)7-1-2-10-9(5-7)8-3-4-14-6-11(8)15-10/h2,7,14H,1,3-6H2,(H2,13,16). The van der Waals surface area contributed by atoms with Gasteiger partial charge < -0.3 is 11.1 Å². The number of nitrogens with one attached hydrogen (secondary N) is 1. The molecule has 0 aromatic rings. The minimum absolute atomic E-state index is 0.0318. The molecule has 0 saturated carbocycles. The van der Waals surface area contributed by atoms with Gasteiger partial charge in [-0.05, 0) is 37.0 Å². The van der Waals surface area contributed by atoms with Crippen LogP contribution in [0.5, 0.6) is 0 Å². The molecule has 1 saturated heterocycles. The Morgan fingerprint density at radius 2 is 2.38 bits per heavy atom. The van der Waals surface area contributed by atoms with Crippen LogP contribution in [0.4, 0.5) is 0 Å². The highest BCUT2D eigenvalue weighted by molar-refractivity contribution is 6.07. The van der Waals surface area contributed by atoms with Crippen molar-refractivity contribution in [2.24, 2.45) is 16.6 Å². The second kappa shape index (κ2) is 3.56. The van der Waals surface area contributed by atoms with Crippen molar-refractivity contribution in [1.82, 2.24) is 5.32 Å². The zero-order valence-electron chi connectivity index (χ0n) is 9.12. The lowest BCUT2D eigenvalue weighted by Gasteiger charge is -2.21. The number of carbonyl (C=O) groups is 1. The molecule has 1 unspecified atom stereocenters. The minimum Gasteiger partial charge on any atom is -0.369 e. The molecule has 0 aromatic carbocycles. The second-order valence-corrected chi connectivity index (χ2v) is 4.57. The van der Waals surface area contributed by atoms with Gasteiger partial charge in [-0.25, -0.2) is 0 Å². The van der Waals surface area contributed by atoms with E-state index in [0.717, 1.165) is 43.8 Å². The normalized spacial score (nSPS) is 28.1. The zero-order valence-corrected chi connectivity index (χ0v) is 9.12. The third-order valence-electron chi connectivity index (χ3n) is 3.57. The van der Waals surface area contributed by atoms with Crippen molar-refractivity contribution in [3.63, 3.8) is 0 Å². The Morgan fingerprint density at radius 1 is 1.50 bits per heavy atom. The average Bonchev–Trinajstić information content (AvgIpc) is 2.66. The van der Waals surface area contributed by atoms with Gasteiger partial charge >= 0.3 is 0 Å². The molecular weight excluding hydrogens is 202 g/mol. The van der Waals surface area contributed by atoms with Crippen LogP contribution in [0.15, 0.2) is 27.9 Å². The summed E-state index contributed by atoms with van der Waals surface area (Å²) in [4.78, 5) is 15.8. The summed E-state index contributed by atoms with van der Waals surface area (Å²) in [5.41, 5.74) is 10.3. The van der Waals surface area contributed by atoms with E-state index in [1.807, 2.05) is 0 Å². The van der Waals surface area contributed by atoms with Crippen LogP contribution in [0.1, 0.15) is 19.3 Å². The molecule has 3 rings (SSSR count). The van der Waals surface area contributed by atoms with E-state index in [-0.39, 0.29) is 11.8 Å². The Labute approximate surface area is 94.3 Å². The fourth-order valence-electron chi connectivity index (χ4n) is 2.67. The lowest BCUT2D eigenvalue weighted by Crippen LogP contribution is -2.31. The number of amides is 1. The summed E-state index contributed by atoms with van der Waals surface area (Å²) >= 11 is 0. The van der Waals surface area contributed by atoms with Crippen molar-refractivity contribution >= 4 is 11.6 Å². The van der Waals surface area contributed by atoms with Crippen molar-refractivity contribution < 1.29 is 4.79 Å². The lowest BCUT2D eigenvalue weighted by atomic mass is 9.85. The van der Waals surface area contributed by atoms with Gasteiger partial charge in [0.25, 0.3) is 0 Å². The number of nitrogens with two attached hydrogens (primary N) is 1. The number of nitrogens with zero attached hydrogens (tertiary/aromatic N) is 1. The molecule has 0 spiro atoms. The highest BCUT2D eigenvalue weighted by Crippen LogP contribution is 2.37. The van der Waals surface area contributed by atoms with E-state index in [9.17, 15) is 4.79 Å². The van der Waals surface area contributed by atoms with Crippen molar-refractivity contribution in [1.29, 1.82) is 0 Å². The first-order chi connectivity index (χ1) is 7.75. The second-order valence-electron chi connectivity index (χ2n) is 4.57. The Bertz CT molecular complexity index is 445. The first kappa shape index (κ1) is 9.78. The molecule has 2 aliphatic heterocycles. The summed E-state index contributed by atoms with van der Waals surface area (Å²) in [6.07, 6.45) is 4.61. The largest absolute Gasteiger partial charge is 0.369 e. The smallest absolute Gasteiger partial charge is 0.221 e. The van der Waals surface area contributed by atoms with E-state index in [1.165, 1.54) is 11.1 Å². The fourth-order valence-corrected chi connectivity index (χ4v) is 2.67. The monoisotopic (exact) mass is 217 g/mol. The molecule has 1 amide bonds. The molecule has 1 fully saturated rings. The van der Waals surface area contributed by atoms with Crippen LogP contribution in [-0.4, -0.2) is 24.7 Å². The number of piperidine rings is 1. The van der Waals surface area contributed by atoms with E-state index in [0.29, 0.717) is 0 Å². The maximum atomic E-state index is 11.2. The number of hydrogen-bond donors (Lipinski definition) is 2. The highest BCUT2D eigenvalue weighted by Gasteiger charge is 2.31. The lowest BCUT2D eigenvalue weighted by molar-refractivity contribution is -0.121. The van der Waals surface area contributed by atoms with Crippen LogP contribution >= 0.6 is 0 Å². The van der Waals surface area contributed by atoms with Gasteiger partial charge in [0.15, 0.2) is 0 Å². The van der Waals surface area contributed by atoms with E-state index in [4.69, 9.17) is 5.73 Å². The van der Waals surface area contributed by atoms with E-state index in [2.05, 4.69) is 16.4 Å². The first-order valence-corrected chi connectivity index (χ1v) is 5.76. The number of fused-ring (bicyclic) bond motifs is 2. The zero-order chi connectivity index (χ0) is 11.1. The van der Waals surface area contributed by atoms with Crippen LogP contribution in [0.25, 0.3) is 0 Å². The summed E-state index contributed by atoms with van der Waals surface area (Å²) in [6, 6.07) is 0. The molecular formula is C12H15N3O. The number of carbonyl (C=O) groups excluding carboxylic acids is 1. The number of allylic oxidation sites excluding steroid dienone is 2. The third kappa shape index (κ3) is 1.41. The Kier molecular flexibility index (Phi) is 2.17. The summed E-state index contributed by atoms with van der Waals surface area (Å²) in [7, 11) is 0. The molecule has 0 radical (unpaired) electrons. The maximum absolute atomic E-state index is 11.2. The molecule has 2 heterocycles. The summed E-state index contributed by atoms with van der Waals surface area (Å²) < 4.78 is 0. The van der Waals surface area contributed by atoms with Gasteiger partial charge in [-0.1, -0.05) is 6.08 Å². The molecule has 3 aliphatic rings. The SMILES string of the molecule is NC(=O)C1CC=C2N=C3CNCCC3=C2C1. The van der Waals surface area contributed by atoms with Crippen LogP contribution in [0.2, 0.25) is 0 Å². The average molecular weight is 217 g/mol. The Morgan fingerprint density at radius 3 is 3.19 bits per heavy atom. The highest BCUT2D eigenvalue weighted by atomic mass is 16.1. The van der Waals surface area contributed by atoms with Gasteiger partial charge in [0, 0.05) is 12.5 Å². The number of hydrogen-bond acceptors (Lipinski definition) is 3. The number of primary amides is 1. The van der Waals surface area contributed by atoms with Gasteiger partial charge in [0.2, 0.25) is 5.91 Å². The Balaban J connectivity index is 1.96.